The first-order valence-electron chi connectivity index (χ1n) is 9.49. The van der Waals surface area contributed by atoms with Gasteiger partial charge in [-0.1, -0.05) is 23.7 Å². The Morgan fingerprint density at radius 1 is 1.21 bits per heavy atom. The molecule has 3 heterocycles. The molecule has 0 bridgehead atoms. The van der Waals surface area contributed by atoms with Crippen molar-refractivity contribution in [2.24, 2.45) is 5.92 Å². The number of hydrogen-bond acceptors (Lipinski definition) is 4. The Hall–Kier alpha value is -3.06. The van der Waals surface area contributed by atoms with Crippen LogP contribution in [0.3, 0.4) is 0 Å². The van der Waals surface area contributed by atoms with Crippen molar-refractivity contribution in [3.63, 3.8) is 0 Å². The molecule has 1 N–H and O–H groups in total. The highest BCUT2D eigenvalue weighted by Gasteiger charge is 2.29. The Labute approximate surface area is 173 Å². The van der Waals surface area contributed by atoms with Crippen LogP contribution in [0.1, 0.15) is 28.8 Å². The van der Waals surface area contributed by atoms with Crippen LogP contribution >= 0.6 is 11.6 Å². The summed E-state index contributed by atoms with van der Waals surface area (Å²) < 4.78 is 6.73. The van der Waals surface area contributed by atoms with Gasteiger partial charge in [-0.3, -0.25) is 9.59 Å². The Morgan fingerprint density at radius 3 is 2.79 bits per heavy atom. The van der Waals surface area contributed by atoms with Crippen molar-refractivity contribution in [3.8, 4) is 0 Å². The van der Waals surface area contributed by atoms with Crippen molar-refractivity contribution in [3.05, 3.63) is 71.3 Å². The lowest BCUT2D eigenvalue weighted by Crippen LogP contribution is -2.43. The molecule has 3 aromatic rings. The lowest BCUT2D eigenvalue weighted by atomic mass is 9.96. The zero-order valence-electron chi connectivity index (χ0n) is 15.8. The second-order valence-corrected chi connectivity index (χ2v) is 7.53. The zero-order chi connectivity index (χ0) is 20.2. The van der Waals surface area contributed by atoms with Gasteiger partial charge in [0.15, 0.2) is 0 Å². The molecule has 0 aliphatic carbocycles. The minimum atomic E-state index is -0.265. The van der Waals surface area contributed by atoms with Gasteiger partial charge >= 0.3 is 0 Å². The van der Waals surface area contributed by atoms with E-state index in [0.717, 1.165) is 18.4 Å². The van der Waals surface area contributed by atoms with Crippen molar-refractivity contribution in [2.45, 2.75) is 19.4 Å². The molecular formula is C21H21ClN4O3. The van der Waals surface area contributed by atoms with Crippen LogP contribution in [0.4, 0.5) is 5.82 Å². The third-order valence-corrected chi connectivity index (χ3v) is 5.31. The number of nitrogens with one attached hydrogen (secondary N) is 1. The molecule has 1 aromatic carbocycles. The molecule has 1 saturated heterocycles. The number of piperidine rings is 1. The van der Waals surface area contributed by atoms with Gasteiger partial charge in [-0.15, -0.1) is 0 Å². The van der Waals surface area contributed by atoms with Gasteiger partial charge in [0.1, 0.15) is 12.1 Å². The first-order valence-corrected chi connectivity index (χ1v) is 9.86. The smallest absolute Gasteiger partial charge is 0.257 e. The van der Waals surface area contributed by atoms with E-state index in [4.69, 9.17) is 16.0 Å². The monoisotopic (exact) mass is 412 g/mol. The molecule has 1 atom stereocenters. The Bertz CT molecular complexity index is 982. The lowest BCUT2D eigenvalue weighted by Gasteiger charge is -2.31. The summed E-state index contributed by atoms with van der Waals surface area (Å²) in [6, 6.07) is 10.9. The number of hydrogen-bond donors (Lipinski definition) is 1. The van der Waals surface area contributed by atoms with Gasteiger partial charge < -0.3 is 14.6 Å². The first kappa shape index (κ1) is 19.3. The third-order valence-electron chi connectivity index (χ3n) is 5.06. The first-order chi connectivity index (χ1) is 14.1. The third kappa shape index (κ3) is 4.51. The molecule has 1 aliphatic rings. The van der Waals surface area contributed by atoms with Gasteiger partial charge in [0, 0.05) is 24.2 Å². The van der Waals surface area contributed by atoms with E-state index >= 15 is 0 Å². The molecule has 0 unspecified atom stereocenters. The fourth-order valence-electron chi connectivity index (χ4n) is 3.50. The summed E-state index contributed by atoms with van der Waals surface area (Å²) in [4.78, 5) is 27.1. The van der Waals surface area contributed by atoms with Crippen molar-refractivity contribution in [1.82, 2.24) is 14.7 Å². The van der Waals surface area contributed by atoms with Crippen LogP contribution in [0.2, 0.25) is 5.02 Å². The van der Waals surface area contributed by atoms with Gasteiger partial charge in [0.2, 0.25) is 5.91 Å². The quantitative estimate of drug-likeness (QED) is 0.693. The number of amides is 2. The molecule has 1 fully saturated rings. The van der Waals surface area contributed by atoms with E-state index < -0.39 is 0 Å². The molecule has 0 saturated carbocycles. The van der Waals surface area contributed by atoms with Gasteiger partial charge in [0.05, 0.1) is 30.5 Å². The molecular weight excluding hydrogens is 392 g/mol. The van der Waals surface area contributed by atoms with Gasteiger partial charge in [0.25, 0.3) is 5.91 Å². The number of likely N-dealkylation sites (tertiary alicyclic amines) is 1. The number of aromatic nitrogens is 2. The number of carbonyl (C=O) groups is 2. The number of benzene rings is 1. The molecule has 2 aromatic heterocycles. The molecule has 0 spiro atoms. The maximum absolute atomic E-state index is 12.8. The highest BCUT2D eigenvalue weighted by molar-refractivity contribution is 6.30. The Morgan fingerprint density at radius 2 is 2.03 bits per heavy atom. The standard InChI is InChI=1S/C21H21ClN4O3/c22-18-5-3-15(4-6-18)12-26-19(7-9-23-26)24-20(27)16-2-1-10-25(13-16)21(28)17-8-11-29-14-17/h3-9,11,14,16H,1-2,10,12-13H2,(H,24,27)/t16-/m0/s1. The molecule has 4 rings (SSSR count). The van der Waals surface area contributed by atoms with Crippen LogP contribution in [0, 0.1) is 5.92 Å². The number of halogens is 1. The molecule has 7 nitrogen and oxygen atoms in total. The van der Waals surface area contributed by atoms with Crippen LogP contribution in [0.5, 0.6) is 0 Å². The van der Waals surface area contributed by atoms with Crippen molar-refractivity contribution >= 4 is 29.2 Å². The summed E-state index contributed by atoms with van der Waals surface area (Å²) in [7, 11) is 0. The van der Waals surface area contributed by atoms with E-state index in [1.54, 1.807) is 27.9 Å². The molecule has 8 heteroatoms. The number of anilines is 1. The SMILES string of the molecule is O=C(Nc1ccnn1Cc1ccc(Cl)cc1)[C@H]1CCCN(C(=O)c2ccoc2)C1. The van der Waals surface area contributed by atoms with Crippen LogP contribution in [0.15, 0.2) is 59.5 Å². The summed E-state index contributed by atoms with van der Waals surface area (Å²) in [6.45, 7) is 1.55. The van der Waals surface area contributed by atoms with Crippen LogP contribution in [-0.4, -0.2) is 39.6 Å². The van der Waals surface area contributed by atoms with E-state index in [2.05, 4.69) is 10.4 Å². The van der Waals surface area contributed by atoms with Gasteiger partial charge in [-0.2, -0.15) is 5.10 Å². The maximum atomic E-state index is 12.8. The highest BCUT2D eigenvalue weighted by atomic mass is 35.5. The largest absolute Gasteiger partial charge is 0.472 e. The summed E-state index contributed by atoms with van der Waals surface area (Å²) in [5.74, 6) is 0.151. The van der Waals surface area contributed by atoms with Gasteiger partial charge in [-0.25, -0.2) is 4.68 Å². The van der Waals surface area contributed by atoms with E-state index in [9.17, 15) is 9.59 Å². The average molecular weight is 413 g/mol. The maximum Gasteiger partial charge on any atom is 0.257 e. The Balaban J connectivity index is 1.40. The second kappa shape index (κ2) is 8.53. The second-order valence-electron chi connectivity index (χ2n) is 7.09. The minimum Gasteiger partial charge on any atom is -0.472 e. The number of nitrogens with zero attached hydrogens (tertiary/aromatic N) is 3. The topological polar surface area (TPSA) is 80.4 Å². The molecule has 0 radical (unpaired) electrons. The van der Waals surface area contributed by atoms with Crippen molar-refractivity contribution in [2.75, 3.05) is 18.4 Å². The summed E-state index contributed by atoms with van der Waals surface area (Å²) >= 11 is 5.93. The molecule has 29 heavy (non-hydrogen) atoms. The number of carbonyl (C=O) groups excluding carboxylic acids is 2. The summed E-state index contributed by atoms with van der Waals surface area (Å²) in [5.41, 5.74) is 1.54. The molecule has 150 valence electrons. The van der Waals surface area contributed by atoms with Crippen LogP contribution in [-0.2, 0) is 11.3 Å². The lowest BCUT2D eigenvalue weighted by molar-refractivity contribution is -0.121. The van der Waals surface area contributed by atoms with E-state index in [0.29, 0.717) is 36.0 Å². The fourth-order valence-corrected chi connectivity index (χ4v) is 3.63. The fraction of sp³-hybridized carbons (Fsp3) is 0.286. The average Bonchev–Trinajstić information content (AvgIpc) is 3.42. The zero-order valence-corrected chi connectivity index (χ0v) is 16.5. The van der Waals surface area contributed by atoms with Crippen LogP contribution < -0.4 is 5.32 Å². The Kier molecular flexibility index (Phi) is 5.67. The predicted octanol–water partition coefficient (Wildman–Crippen LogP) is 3.67. The van der Waals surface area contributed by atoms with E-state index in [1.807, 2.05) is 24.3 Å². The summed E-state index contributed by atoms with van der Waals surface area (Å²) in [5, 5.41) is 7.94. The number of furan rings is 1. The molecule has 1 aliphatic heterocycles. The van der Waals surface area contributed by atoms with Crippen LogP contribution in [0.25, 0.3) is 0 Å². The molecule has 2 amide bonds. The van der Waals surface area contributed by atoms with Crippen molar-refractivity contribution < 1.29 is 14.0 Å². The van der Waals surface area contributed by atoms with Crippen molar-refractivity contribution in [1.29, 1.82) is 0 Å². The predicted molar refractivity (Wildman–Crippen MR) is 109 cm³/mol. The van der Waals surface area contributed by atoms with E-state index in [1.165, 1.54) is 12.5 Å². The highest BCUT2D eigenvalue weighted by Crippen LogP contribution is 2.21. The minimum absolute atomic E-state index is 0.104. The van der Waals surface area contributed by atoms with E-state index in [-0.39, 0.29) is 17.7 Å². The number of rotatable bonds is 5. The van der Waals surface area contributed by atoms with Gasteiger partial charge in [-0.05, 0) is 36.6 Å². The summed E-state index contributed by atoms with van der Waals surface area (Å²) in [6.07, 6.45) is 6.09. The normalized spacial score (nSPS) is 16.6.